The zero-order chi connectivity index (χ0) is 12.2. The van der Waals surface area contributed by atoms with Gasteiger partial charge < -0.3 is 26.4 Å². The molecule has 0 saturated carbocycles. The van der Waals surface area contributed by atoms with Crippen LogP contribution in [-0.4, -0.2) is 40.7 Å². The van der Waals surface area contributed by atoms with Crippen LogP contribution in [0.4, 0.5) is 11.4 Å². The molecule has 0 aliphatic rings. The Morgan fingerprint density at radius 1 is 1.19 bits per heavy atom. The van der Waals surface area contributed by atoms with Crippen LogP contribution in [-0.2, 0) is 0 Å². The molecule has 0 bridgehead atoms. The summed E-state index contributed by atoms with van der Waals surface area (Å²) < 4.78 is 0. The van der Waals surface area contributed by atoms with Crippen molar-refractivity contribution in [2.24, 2.45) is 0 Å². The SMILES string of the molecule is Cc1cc(N)ccc1NC(CO)(CO)CO. The molecule has 0 radical (unpaired) electrons. The van der Waals surface area contributed by atoms with E-state index in [1.54, 1.807) is 18.2 Å². The van der Waals surface area contributed by atoms with Crippen molar-refractivity contribution in [2.75, 3.05) is 30.9 Å². The number of nitrogens with one attached hydrogen (secondary N) is 1. The van der Waals surface area contributed by atoms with E-state index in [1.807, 2.05) is 6.92 Å². The Kier molecular flexibility index (Phi) is 4.12. The molecule has 5 heteroatoms. The molecule has 0 atom stereocenters. The van der Waals surface area contributed by atoms with Gasteiger partial charge in [0.15, 0.2) is 0 Å². The molecule has 0 heterocycles. The minimum Gasteiger partial charge on any atom is -0.399 e. The van der Waals surface area contributed by atoms with Crippen LogP contribution in [0, 0.1) is 6.92 Å². The molecule has 1 aromatic carbocycles. The van der Waals surface area contributed by atoms with Gasteiger partial charge in [-0.25, -0.2) is 0 Å². The maximum absolute atomic E-state index is 9.18. The van der Waals surface area contributed by atoms with Crippen molar-refractivity contribution in [2.45, 2.75) is 12.5 Å². The monoisotopic (exact) mass is 226 g/mol. The molecule has 0 unspecified atom stereocenters. The summed E-state index contributed by atoms with van der Waals surface area (Å²) in [6.07, 6.45) is 0. The Labute approximate surface area is 94.5 Å². The number of hydrogen-bond acceptors (Lipinski definition) is 5. The summed E-state index contributed by atoms with van der Waals surface area (Å²) >= 11 is 0. The molecule has 0 aromatic heterocycles. The fraction of sp³-hybridized carbons (Fsp3) is 0.455. The maximum atomic E-state index is 9.18. The topological polar surface area (TPSA) is 98.7 Å². The Morgan fingerprint density at radius 2 is 1.75 bits per heavy atom. The van der Waals surface area contributed by atoms with Gasteiger partial charge in [0.1, 0.15) is 5.54 Å². The van der Waals surface area contributed by atoms with Crippen LogP contribution in [0.3, 0.4) is 0 Å². The van der Waals surface area contributed by atoms with Crippen molar-refractivity contribution in [3.63, 3.8) is 0 Å². The van der Waals surface area contributed by atoms with Gasteiger partial charge in [-0.2, -0.15) is 0 Å². The maximum Gasteiger partial charge on any atom is 0.107 e. The molecule has 1 aromatic rings. The zero-order valence-electron chi connectivity index (χ0n) is 9.27. The van der Waals surface area contributed by atoms with Gasteiger partial charge in [-0.05, 0) is 30.7 Å². The Balaban J connectivity index is 2.93. The number of rotatable bonds is 5. The van der Waals surface area contributed by atoms with E-state index < -0.39 is 5.54 Å². The highest BCUT2D eigenvalue weighted by molar-refractivity contribution is 5.58. The summed E-state index contributed by atoms with van der Waals surface area (Å²) in [5.41, 5.74) is 6.76. The van der Waals surface area contributed by atoms with Gasteiger partial charge in [0.25, 0.3) is 0 Å². The number of nitrogen functional groups attached to an aromatic ring is 1. The lowest BCUT2D eigenvalue weighted by molar-refractivity contribution is 0.0833. The number of aliphatic hydroxyl groups is 3. The third-order valence-corrected chi connectivity index (χ3v) is 2.56. The van der Waals surface area contributed by atoms with Gasteiger partial charge in [-0.3, -0.25) is 0 Å². The fourth-order valence-corrected chi connectivity index (χ4v) is 1.38. The molecule has 6 N–H and O–H groups in total. The largest absolute Gasteiger partial charge is 0.399 e. The van der Waals surface area contributed by atoms with Crippen molar-refractivity contribution in [3.8, 4) is 0 Å². The Morgan fingerprint density at radius 3 is 2.19 bits per heavy atom. The van der Waals surface area contributed by atoms with E-state index in [0.29, 0.717) is 5.69 Å². The van der Waals surface area contributed by atoms with Crippen LogP contribution in [0.15, 0.2) is 18.2 Å². The van der Waals surface area contributed by atoms with Gasteiger partial charge in [0.05, 0.1) is 19.8 Å². The van der Waals surface area contributed by atoms with Gasteiger partial charge in [-0.15, -0.1) is 0 Å². The number of aryl methyl sites for hydroxylation is 1. The van der Waals surface area contributed by atoms with Crippen LogP contribution in [0.1, 0.15) is 5.56 Å². The highest BCUT2D eigenvalue weighted by Crippen LogP contribution is 2.21. The first-order chi connectivity index (χ1) is 7.56. The van der Waals surface area contributed by atoms with Gasteiger partial charge in [0, 0.05) is 11.4 Å². The van der Waals surface area contributed by atoms with Gasteiger partial charge in [-0.1, -0.05) is 0 Å². The van der Waals surface area contributed by atoms with E-state index in [1.165, 1.54) is 0 Å². The molecule has 1 rings (SSSR count). The van der Waals surface area contributed by atoms with Crippen LogP contribution in [0.25, 0.3) is 0 Å². The number of hydrogen-bond donors (Lipinski definition) is 5. The number of nitrogens with two attached hydrogens (primary N) is 1. The average Bonchev–Trinajstić information content (AvgIpc) is 2.29. The normalized spacial score (nSPS) is 11.5. The summed E-state index contributed by atoms with van der Waals surface area (Å²) in [5.74, 6) is 0. The van der Waals surface area contributed by atoms with Crippen molar-refractivity contribution < 1.29 is 15.3 Å². The van der Waals surface area contributed by atoms with Crippen LogP contribution in [0.2, 0.25) is 0 Å². The molecule has 0 fully saturated rings. The van der Waals surface area contributed by atoms with Crippen molar-refractivity contribution in [3.05, 3.63) is 23.8 Å². The summed E-state index contributed by atoms with van der Waals surface area (Å²) in [7, 11) is 0. The summed E-state index contributed by atoms with van der Waals surface area (Å²) in [6, 6.07) is 5.24. The Bertz CT molecular complexity index is 343. The molecule has 0 amide bonds. The fourth-order valence-electron chi connectivity index (χ4n) is 1.38. The third-order valence-electron chi connectivity index (χ3n) is 2.56. The second-order valence-electron chi connectivity index (χ2n) is 3.95. The molecule has 5 nitrogen and oxygen atoms in total. The van der Waals surface area contributed by atoms with E-state index in [9.17, 15) is 15.3 Å². The van der Waals surface area contributed by atoms with Crippen molar-refractivity contribution in [1.82, 2.24) is 0 Å². The second-order valence-corrected chi connectivity index (χ2v) is 3.95. The molecule has 0 saturated heterocycles. The summed E-state index contributed by atoms with van der Waals surface area (Å²) in [6.45, 7) is 0.785. The predicted molar refractivity (Wildman–Crippen MR) is 63.2 cm³/mol. The molecule has 0 spiro atoms. The highest BCUT2D eigenvalue weighted by Gasteiger charge is 2.28. The molecule has 16 heavy (non-hydrogen) atoms. The van der Waals surface area contributed by atoms with Crippen molar-refractivity contribution >= 4 is 11.4 Å². The second kappa shape index (κ2) is 5.16. The van der Waals surface area contributed by atoms with E-state index in [0.717, 1.165) is 11.3 Å². The van der Waals surface area contributed by atoms with Gasteiger partial charge >= 0.3 is 0 Å². The molecule has 0 aliphatic carbocycles. The summed E-state index contributed by atoms with van der Waals surface area (Å²) in [5, 5.41) is 30.5. The highest BCUT2D eigenvalue weighted by atomic mass is 16.3. The molecule has 90 valence electrons. The molecular weight excluding hydrogens is 208 g/mol. The zero-order valence-corrected chi connectivity index (χ0v) is 9.27. The average molecular weight is 226 g/mol. The predicted octanol–water partition coefficient (Wildman–Crippen LogP) is -0.295. The van der Waals surface area contributed by atoms with E-state index >= 15 is 0 Å². The van der Waals surface area contributed by atoms with Crippen LogP contribution >= 0.6 is 0 Å². The number of aliphatic hydroxyl groups excluding tert-OH is 3. The first-order valence-electron chi connectivity index (χ1n) is 5.04. The number of benzene rings is 1. The van der Waals surface area contributed by atoms with E-state index in [2.05, 4.69) is 5.32 Å². The van der Waals surface area contributed by atoms with E-state index in [-0.39, 0.29) is 19.8 Å². The quantitative estimate of drug-likeness (QED) is 0.444. The number of anilines is 2. The van der Waals surface area contributed by atoms with E-state index in [4.69, 9.17) is 5.73 Å². The third kappa shape index (κ3) is 2.63. The Hall–Kier alpha value is -1.30. The lowest BCUT2D eigenvalue weighted by Gasteiger charge is -2.30. The first kappa shape index (κ1) is 12.8. The first-order valence-corrected chi connectivity index (χ1v) is 5.04. The lowest BCUT2D eigenvalue weighted by atomic mass is 10.0. The minimum atomic E-state index is -1.11. The standard InChI is InChI=1S/C11H18N2O3/c1-8-4-9(12)2-3-10(8)13-11(5-14,6-15)7-16/h2-4,13-16H,5-7,12H2,1H3. The molecular formula is C11H18N2O3. The molecule has 0 aliphatic heterocycles. The van der Waals surface area contributed by atoms with Gasteiger partial charge in [0.2, 0.25) is 0 Å². The minimum absolute atomic E-state index is 0.357. The van der Waals surface area contributed by atoms with Crippen LogP contribution in [0.5, 0.6) is 0 Å². The van der Waals surface area contributed by atoms with Crippen LogP contribution < -0.4 is 11.1 Å². The lowest BCUT2D eigenvalue weighted by Crippen LogP contribution is -2.49. The summed E-state index contributed by atoms with van der Waals surface area (Å²) in [4.78, 5) is 0. The smallest absolute Gasteiger partial charge is 0.107 e. The van der Waals surface area contributed by atoms with Crippen molar-refractivity contribution in [1.29, 1.82) is 0 Å².